The molecule has 148 valence electrons. The molecule has 0 bridgehead atoms. The average Bonchev–Trinajstić information content (AvgIpc) is 2.90. The largest absolute Gasteiger partial charge is 0.342 e. The van der Waals surface area contributed by atoms with Crippen LogP contribution in [0.15, 0.2) is 18.2 Å². The molecule has 2 saturated heterocycles. The lowest BCUT2D eigenvalue weighted by Gasteiger charge is -2.33. The first-order valence-electron chi connectivity index (χ1n) is 10.4. The number of benzene rings is 1. The first-order valence-corrected chi connectivity index (χ1v) is 10.4. The summed E-state index contributed by atoms with van der Waals surface area (Å²) in [5.74, 6) is 0.510. The van der Waals surface area contributed by atoms with Crippen molar-refractivity contribution in [1.29, 1.82) is 0 Å². The molecule has 1 N–H and O–H groups in total. The van der Waals surface area contributed by atoms with Gasteiger partial charge in [-0.1, -0.05) is 18.9 Å². The molecule has 0 saturated carbocycles. The molecule has 0 spiro atoms. The normalized spacial score (nSPS) is 19.6. The van der Waals surface area contributed by atoms with Gasteiger partial charge < -0.3 is 10.2 Å². The minimum absolute atomic E-state index is 0.0253. The zero-order valence-electron chi connectivity index (χ0n) is 16.8. The Bertz CT molecular complexity index is 637. The summed E-state index contributed by atoms with van der Waals surface area (Å²) in [6.07, 6.45) is 6.51. The van der Waals surface area contributed by atoms with Gasteiger partial charge in [0.15, 0.2) is 0 Å². The van der Waals surface area contributed by atoms with Gasteiger partial charge >= 0.3 is 0 Å². The summed E-state index contributed by atoms with van der Waals surface area (Å²) in [7, 11) is 0. The van der Waals surface area contributed by atoms with Gasteiger partial charge in [-0.05, 0) is 75.9 Å². The quantitative estimate of drug-likeness (QED) is 0.883. The van der Waals surface area contributed by atoms with E-state index in [4.69, 9.17) is 0 Å². The van der Waals surface area contributed by atoms with Gasteiger partial charge in [0, 0.05) is 24.7 Å². The summed E-state index contributed by atoms with van der Waals surface area (Å²) in [6.45, 7) is 7.98. The van der Waals surface area contributed by atoms with Crippen molar-refractivity contribution in [2.45, 2.75) is 52.4 Å². The molecule has 2 aliphatic heterocycles. The van der Waals surface area contributed by atoms with E-state index in [2.05, 4.69) is 21.2 Å². The third-order valence-corrected chi connectivity index (χ3v) is 5.73. The van der Waals surface area contributed by atoms with Gasteiger partial charge in [0.05, 0.1) is 6.54 Å². The molecule has 3 rings (SSSR count). The summed E-state index contributed by atoms with van der Waals surface area (Å²) in [5.41, 5.74) is 3.17. The van der Waals surface area contributed by atoms with Crippen LogP contribution in [-0.4, -0.2) is 54.3 Å². The molecule has 0 unspecified atom stereocenters. The molecule has 5 heteroatoms. The van der Waals surface area contributed by atoms with E-state index in [9.17, 15) is 9.59 Å². The Hall–Kier alpha value is -1.88. The Kier molecular flexibility index (Phi) is 6.89. The lowest BCUT2D eigenvalue weighted by molar-refractivity contribution is -0.137. The number of nitrogens with one attached hydrogen (secondary N) is 1. The number of anilines is 1. The molecule has 0 aliphatic carbocycles. The van der Waals surface area contributed by atoms with Crippen LogP contribution in [0, 0.1) is 19.8 Å². The van der Waals surface area contributed by atoms with Crippen LogP contribution in [-0.2, 0) is 9.59 Å². The highest BCUT2D eigenvalue weighted by Crippen LogP contribution is 2.22. The van der Waals surface area contributed by atoms with Gasteiger partial charge in [-0.15, -0.1) is 0 Å². The molecular weight excluding hydrogens is 338 g/mol. The third kappa shape index (κ3) is 5.80. The molecule has 5 nitrogen and oxygen atoms in total. The molecular formula is C22H33N3O2. The van der Waals surface area contributed by atoms with Crippen molar-refractivity contribution >= 4 is 17.5 Å². The molecule has 0 atom stereocenters. The predicted octanol–water partition coefficient (Wildman–Crippen LogP) is 3.36. The number of hydrogen-bond donors (Lipinski definition) is 1. The number of carbonyl (C=O) groups excluding carboxylic acids is 2. The second-order valence-corrected chi connectivity index (χ2v) is 8.21. The number of rotatable bonds is 4. The molecule has 2 heterocycles. The van der Waals surface area contributed by atoms with E-state index in [1.807, 2.05) is 26.0 Å². The second-order valence-electron chi connectivity index (χ2n) is 8.21. The molecule has 0 radical (unpaired) electrons. The maximum absolute atomic E-state index is 12.8. The van der Waals surface area contributed by atoms with Crippen LogP contribution >= 0.6 is 0 Å². The molecule has 2 fully saturated rings. The first kappa shape index (κ1) is 19.9. The highest BCUT2D eigenvalue weighted by atomic mass is 16.2. The number of hydrogen-bond acceptors (Lipinski definition) is 3. The maximum Gasteiger partial charge on any atom is 0.238 e. The zero-order valence-corrected chi connectivity index (χ0v) is 16.8. The Balaban J connectivity index is 1.44. The SMILES string of the molecule is Cc1cc(C)cc(NC(=O)CN2CCC(C(=O)N3CCCCCC3)CC2)c1. The van der Waals surface area contributed by atoms with E-state index in [1.165, 1.54) is 12.8 Å². The summed E-state index contributed by atoms with van der Waals surface area (Å²) >= 11 is 0. The smallest absolute Gasteiger partial charge is 0.238 e. The van der Waals surface area contributed by atoms with E-state index in [0.29, 0.717) is 12.5 Å². The number of likely N-dealkylation sites (tertiary alicyclic amines) is 2. The number of aryl methyl sites for hydroxylation is 2. The van der Waals surface area contributed by atoms with Crippen LogP contribution in [0.3, 0.4) is 0 Å². The van der Waals surface area contributed by atoms with Crippen molar-refractivity contribution in [2.75, 3.05) is 38.0 Å². The fraction of sp³-hybridized carbons (Fsp3) is 0.636. The standard InChI is InChI=1S/C22H33N3O2/c1-17-13-18(2)15-20(14-17)23-21(26)16-24-11-7-19(8-12-24)22(27)25-9-5-3-4-6-10-25/h13-15,19H,3-12,16H2,1-2H3,(H,23,26). The summed E-state index contributed by atoms with van der Waals surface area (Å²) in [6, 6.07) is 6.09. The van der Waals surface area contributed by atoms with Crippen LogP contribution in [0.2, 0.25) is 0 Å². The second kappa shape index (κ2) is 9.36. The average molecular weight is 372 g/mol. The number of nitrogens with zero attached hydrogens (tertiary/aromatic N) is 2. The lowest BCUT2D eigenvalue weighted by Crippen LogP contribution is -2.44. The Morgan fingerprint density at radius 3 is 2.11 bits per heavy atom. The van der Waals surface area contributed by atoms with E-state index >= 15 is 0 Å². The van der Waals surface area contributed by atoms with Crippen molar-refractivity contribution in [1.82, 2.24) is 9.80 Å². The van der Waals surface area contributed by atoms with Crippen LogP contribution in [0.4, 0.5) is 5.69 Å². The maximum atomic E-state index is 12.8. The van der Waals surface area contributed by atoms with Crippen LogP contribution < -0.4 is 5.32 Å². The fourth-order valence-corrected chi connectivity index (χ4v) is 4.34. The minimum atomic E-state index is 0.0253. The predicted molar refractivity (Wildman–Crippen MR) is 109 cm³/mol. The zero-order chi connectivity index (χ0) is 19.2. The van der Waals surface area contributed by atoms with Crippen molar-refractivity contribution in [2.24, 2.45) is 5.92 Å². The summed E-state index contributed by atoms with van der Waals surface area (Å²) in [5, 5.41) is 3.01. The number of amides is 2. The van der Waals surface area contributed by atoms with Crippen LogP contribution in [0.1, 0.15) is 49.7 Å². The highest BCUT2D eigenvalue weighted by Gasteiger charge is 2.29. The summed E-state index contributed by atoms with van der Waals surface area (Å²) < 4.78 is 0. The van der Waals surface area contributed by atoms with Crippen molar-refractivity contribution in [3.8, 4) is 0 Å². The van der Waals surface area contributed by atoms with Gasteiger partial charge in [-0.3, -0.25) is 14.5 Å². The Morgan fingerprint density at radius 2 is 1.52 bits per heavy atom. The van der Waals surface area contributed by atoms with Gasteiger partial charge in [-0.2, -0.15) is 0 Å². The van der Waals surface area contributed by atoms with Crippen molar-refractivity contribution in [3.63, 3.8) is 0 Å². The minimum Gasteiger partial charge on any atom is -0.342 e. The highest BCUT2D eigenvalue weighted by molar-refractivity contribution is 5.92. The van der Waals surface area contributed by atoms with Gasteiger partial charge in [0.25, 0.3) is 0 Å². The van der Waals surface area contributed by atoms with Crippen LogP contribution in [0.25, 0.3) is 0 Å². The Labute approximate surface area is 163 Å². The van der Waals surface area contributed by atoms with E-state index in [1.54, 1.807) is 0 Å². The third-order valence-electron chi connectivity index (χ3n) is 5.73. The van der Waals surface area contributed by atoms with Gasteiger partial charge in [0.2, 0.25) is 11.8 Å². The topological polar surface area (TPSA) is 52.7 Å². The molecule has 1 aromatic rings. The van der Waals surface area contributed by atoms with Gasteiger partial charge in [-0.25, -0.2) is 0 Å². The van der Waals surface area contributed by atoms with E-state index < -0.39 is 0 Å². The molecule has 2 amide bonds. The van der Waals surface area contributed by atoms with Crippen LogP contribution in [0.5, 0.6) is 0 Å². The lowest BCUT2D eigenvalue weighted by atomic mass is 9.95. The molecule has 1 aromatic carbocycles. The molecule has 2 aliphatic rings. The monoisotopic (exact) mass is 371 g/mol. The number of piperidine rings is 1. The molecule has 27 heavy (non-hydrogen) atoms. The van der Waals surface area contributed by atoms with Crippen molar-refractivity contribution in [3.05, 3.63) is 29.3 Å². The number of carbonyl (C=O) groups is 2. The molecule has 0 aromatic heterocycles. The van der Waals surface area contributed by atoms with E-state index in [0.717, 1.165) is 68.7 Å². The van der Waals surface area contributed by atoms with Crippen molar-refractivity contribution < 1.29 is 9.59 Å². The first-order chi connectivity index (χ1) is 13.0. The van der Waals surface area contributed by atoms with Gasteiger partial charge in [0.1, 0.15) is 0 Å². The Morgan fingerprint density at radius 1 is 0.926 bits per heavy atom. The summed E-state index contributed by atoms with van der Waals surface area (Å²) in [4.78, 5) is 29.4. The van der Waals surface area contributed by atoms with E-state index in [-0.39, 0.29) is 11.8 Å². The fourth-order valence-electron chi connectivity index (χ4n) is 4.34.